The number of β-amino-alcohol motifs (C(OH)–C–C–N with tert-alkyl or cyclic N) is 1. The van der Waals surface area contributed by atoms with E-state index in [4.69, 9.17) is 0 Å². The van der Waals surface area contributed by atoms with Crippen LogP contribution in [0.3, 0.4) is 0 Å². The molecule has 0 spiro atoms. The number of piperidine rings is 1. The number of fused-ring (bicyclic) bond motifs is 1. The Labute approximate surface area is 180 Å². The predicted octanol–water partition coefficient (Wildman–Crippen LogP) is 2.41. The molecule has 0 aliphatic carbocycles. The van der Waals surface area contributed by atoms with Crippen LogP contribution in [0, 0.1) is 0 Å². The number of aliphatic hydroxyl groups is 1. The smallest absolute Gasteiger partial charge is 0.255 e. The fourth-order valence-electron chi connectivity index (χ4n) is 4.21. The molecule has 8 heteroatoms. The number of likely N-dealkylation sites (tertiary alicyclic amines) is 1. The van der Waals surface area contributed by atoms with Gasteiger partial charge in [-0.05, 0) is 37.1 Å². The highest BCUT2D eigenvalue weighted by molar-refractivity contribution is 5.93. The lowest BCUT2D eigenvalue weighted by atomic mass is 9.90. The third-order valence-corrected chi connectivity index (χ3v) is 5.92. The van der Waals surface area contributed by atoms with E-state index in [1.54, 1.807) is 35.8 Å². The van der Waals surface area contributed by atoms with Gasteiger partial charge in [0.05, 0.1) is 29.4 Å². The monoisotopic (exact) mass is 416 g/mol. The lowest BCUT2D eigenvalue weighted by Gasteiger charge is -2.41. The molecule has 1 aromatic carbocycles. The first-order valence-corrected chi connectivity index (χ1v) is 10.4. The van der Waals surface area contributed by atoms with Crippen molar-refractivity contribution < 1.29 is 9.90 Å². The Hall–Kier alpha value is -3.52. The summed E-state index contributed by atoms with van der Waals surface area (Å²) in [6.45, 7) is 2.16. The van der Waals surface area contributed by atoms with Crippen molar-refractivity contribution in [3.05, 3.63) is 72.2 Å². The largest absolute Gasteiger partial charge is 0.388 e. The molecule has 8 nitrogen and oxygen atoms in total. The molecule has 0 unspecified atom stereocenters. The summed E-state index contributed by atoms with van der Waals surface area (Å²) in [6, 6.07) is 13.5. The molecule has 0 bridgehead atoms. The first-order valence-electron chi connectivity index (χ1n) is 10.4. The number of pyridine rings is 1. The first-order chi connectivity index (χ1) is 15.1. The maximum absolute atomic E-state index is 12.6. The maximum Gasteiger partial charge on any atom is 0.255 e. The van der Waals surface area contributed by atoms with Gasteiger partial charge in [-0.1, -0.05) is 18.2 Å². The topological polar surface area (TPSA) is 86.8 Å². The molecule has 2 aliphatic heterocycles. The van der Waals surface area contributed by atoms with Crippen molar-refractivity contribution >= 4 is 18.1 Å². The number of nitrogens with zero attached hydrogens (tertiary/aromatic N) is 6. The van der Waals surface area contributed by atoms with Gasteiger partial charge in [-0.25, -0.2) is 9.67 Å². The van der Waals surface area contributed by atoms with Gasteiger partial charge in [0, 0.05) is 44.1 Å². The van der Waals surface area contributed by atoms with Crippen LogP contribution in [0.2, 0.25) is 0 Å². The van der Waals surface area contributed by atoms with Crippen LogP contribution in [0.5, 0.6) is 0 Å². The quantitative estimate of drug-likeness (QED) is 0.706. The molecule has 158 valence electrons. The Bertz CT molecular complexity index is 1090. The van der Waals surface area contributed by atoms with Gasteiger partial charge in [0.2, 0.25) is 0 Å². The molecule has 0 saturated carbocycles. The molecule has 3 aromatic rings. The van der Waals surface area contributed by atoms with Gasteiger partial charge in [0.25, 0.3) is 5.91 Å². The minimum Gasteiger partial charge on any atom is -0.388 e. The normalized spacial score (nSPS) is 17.5. The minimum absolute atomic E-state index is 0.0346. The third-order valence-electron chi connectivity index (χ3n) is 5.92. The Morgan fingerprint density at radius 3 is 2.61 bits per heavy atom. The first kappa shape index (κ1) is 19.4. The summed E-state index contributed by atoms with van der Waals surface area (Å²) in [6.07, 6.45) is 7.92. The highest BCUT2D eigenvalue weighted by atomic mass is 16.3. The molecule has 4 heterocycles. The second kappa shape index (κ2) is 7.96. The number of benzene rings is 1. The van der Waals surface area contributed by atoms with Crippen molar-refractivity contribution in [3.8, 4) is 5.69 Å². The number of carbonyl (C=O) groups excluding carboxylic acids is 1. The number of aliphatic imine (C=N–C) groups is 1. The Balaban J connectivity index is 1.22. The number of hydrogen-bond donors (Lipinski definition) is 1. The molecule has 1 amide bonds. The van der Waals surface area contributed by atoms with Gasteiger partial charge < -0.3 is 14.9 Å². The summed E-state index contributed by atoms with van der Waals surface area (Å²) < 4.78 is 1.83. The fraction of sp³-hybridized carbons (Fsp3) is 0.304. The number of hydrogen-bond acceptors (Lipinski definition) is 6. The fourth-order valence-corrected chi connectivity index (χ4v) is 4.21. The predicted molar refractivity (Wildman–Crippen MR) is 116 cm³/mol. The van der Waals surface area contributed by atoms with Crippen molar-refractivity contribution in [2.24, 2.45) is 4.99 Å². The molecule has 1 saturated heterocycles. The van der Waals surface area contributed by atoms with Crippen LogP contribution in [-0.2, 0) is 6.54 Å². The van der Waals surface area contributed by atoms with E-state index in [1.165, 1.54) is 0 Å². The van der Waals surface area contributed by atoms with Crippen LogP contribution in [0.15, 0.2) is 66.0 Å². The summed E-state index contributed by atoms with van der Waals surface area (Å²) in [5.41, 5.74) is 1.72. The third kappa shape index (κ3) is 3.94. The number of para-hydroxylation sites is 1. The highest BCUT2D eigenvalue weighted by Crippen LogP contribution is 2.30. The van der Waals surface area contributed by atoms with Gasteiger partial charge in [0.15, 0.2) is 5.82 Å². The molecule has 2 aliphatic rings. The van der Waals surface area contributed by atoms with E-state index >= 15 is 0 Å². The van der Waals surface area contributed by atoms with Crippen LogP contribution >= 0.6 is 0 Å². The van der Waals surface area contributed by atoms with Crippen molar-refractivity contribution in [1.82, 2.24) is 24.6 Å². The lowest BCUT2D eigenvalue weighted by molar-refractivity contribution is -0.0301. The second-order valence-electron chi connectivity index (χ2n) is 8.15. The highest BCUT2D eigenvalue weighted by Gasteiger charge is 2.36. The summed E-state index contributed by atoms with van der Waals surface area (Å²) in [5, 5.41) is 15.6. The Morgan fingerprint density at radius 1 is 1.06 bits per heavy atom. The summed E-state index contributed by atoms with van der Waals surface area (Å²) in [7, 11) is 0. The molecular formula is C23H24N6O2. The zero-order chi connectivity index (χ0) is 21.3. The van der Waals surface area contributed by atoms with Crippen LogP contribution in [0.4, 0.5) is 5.82 Å². The van der Waals surface area contributed by atoms with E-state index < -0.39 is 5.60 Å². The van der Waals surface area contributed by atoms with E-state index in [2.05, 4.69) is 15.1 Å². The lowest BCUT2D eigenvalue weighted by Crippen LogP contribution is -2.52. The zero-order valence-electron chi connectivity index (χ0n) is 17.1. The molecular weight excluding hydrogens is 392 g/mol. The van der Waals surface area contributed by atoms with Gasteiger partial charge in [-0.15, -0.1) is 0 Å². The molecule has 31 heavy (non-hydrogen) atoms. The van der Waals surface area contributed by atoms with Crippen LogP contribution in [0.25, 0.3) is 5.69 Å². The molecule has 0 radical (unpaired) electrons. The average molecular weight is 416 g/mol. The van der Waals surface area contributed by atoms with Crippen LogP contribution in [0.1, 0.15) is 28.8 Å². The molecule has 1 fully saturated rings. The summed E-state index contributed by atoms with van der Waals surface area (Å²) >= 11 is 0. The van der Waals surface area contributed by atoms with Gasteiger partial charge in [-0.2, -0.15) is 5.10 Å². The van der Waals surface area contributed by atoms with E-state index in [0.29, 0.717) is 44.6 Å². The number of rotatable bonds is 4. The average Bonchev–Trinajstić information content (AvgIpc) is 3.23. The number of carbonyl (C=O) groups is 1. The van der Waals surface area contributed by atoms with E-state index in [1.807, 2.05) is 46.1 Å². The molecule has 0 atom stereocenters. The Morgan fingerprint density at radius 2 is 1.87 bits per heavy atom. The second-order valence-corrected chi connectivity index (χ2v) is 8.15. The number of amides is 1. The summed E-state index contributed by atoms with van der Waals surface area (Å²) in [5.74, 6) is 0.791. The maximum atomic E-state index is 12.6. The Kier molecular flexibility index (Phi) is 4.99. The van der Waals surface area contributed by atoms with E-state index in [9.17, 15) is 9.90 Å². The van der Waals surface area contributed by atoms with Gasteiger partial charge in [0.1, 0.15) is 0 Å². The van der Waals surface area contributed by atoms with Gasteiger partial charge >= 0.3 is 0 Å². The van der Waals surface area contributed by atoms with Crippen molar-refractivity contribution in [3.63, 3.8) is 0 Å². The molecule has 1 N–H and O–H groups in total. The van der Waals surface area contributed by atoms with Crippen molar-refractivity contribution in [2.45, 2.75) is 25.0 Å². The SMILES string of the molecule is O=C(c1cccnc1)N1CCC(O)(CN2C=Nc3c(cnn3-c3ccccc3)C2)CC1. The zero-order valence-corrected chi connectivity index (χ0v) is 17.1. The minimum atomic E-state index is -0.856. The standard InChI is InChI=1S/C23H24N6O2/c30-22(18-5-4-10-24-13-18)28-11-8-23(31,9-12-28)16-27-15-19-14-26-29(21(19)25-17-27)20-6-2-1-3-7-20/h1-7,10,13-14,17,31H,8-9,11-12,15-16H2. The molecule has 2 aromatic heterocycles. The van der Waals surface area contributed by atoms with Crippen LogP contribution < -0.4 is 0 Å². The number of aromatic nitrogens is 3. The van der Waals surface area contributed by atoms with Crippen molar-refractivity contribution in [1.29, 1.82) is 0 Å². The van der Waals surface area contributed by atoms with Crippen molar-refractivity contribution in [2.75, 3.05) is 19.6 Å². The molecule has 5 rings (SSSR count). The van der Waals surface area contributed by atoms with E-state index in [-0.39, 0.29) is 5.91 Å². The van der Waals surface area contributed by atoms with Crippen LogP contribution in [-0.4, -0.2) is 67.2 Å². The van der Waals surface area contributed by atoms with E-state index in [0.717, 1.165) is 17.1 Å². The van der Waals surface area contributed by atoms with Gasteiger partial charge in [-0.3, -0.25) is 9.78 Å². The summed E-state index contributed by atoms with van der Waals surface area (Å²) in [4.78, 5) is 25.1.